The number of nitrogens with one attached hydrogen (secondary N) is 1. The minimum absolute atomic E-state index is 0.235. The van der Waals surface area contributed by atoms with Crippen molar-refractivity contribution in [3.63, 3.8) is 0 Å². The Morgan fingerprint density at radius 3 is 2.24 bits per heavy atom. The molecule has 4 heteroatoms. The topological polar surface area (TPSA) is 21.3 Å². The smallest absolute Gasteiger partial charge is 0.129 e. The van der Waals surface area contributed by atoms with Crippen LogP contribution in [0.25, 0.3) is 0 Å². The van der Waals surface area contributed by atoms with E-state index in [1.165, 1.54) is 12.1 Å². The van der Waals surface area contributed by atoms with Crippen molar-refractivity contribution >= 4 is 0 Å². The third kappa shape index (κ3) is 5.63. The molecular weight excluding hydrogens is 224 g/mol. The standard InChI is InChI=1S/C13H19F2NO/c1-9(2)16-7-10(3)8-17-13-5-11(14)4-12(15)6-13/h4-6,9-10,16H,7-8H2,1-3H3. The maximum absolute atomic E-state index is 12.9. The molecular formula is C13H19F2NO. The van der Waals surface area contributed by atoms with Gasteiger partial charge >= 0.3 is 0 Å². The molecule has 17 heavy (non-hydrogen) atoms. The summed E-state index contributed by atoms with van der Waals surface area (Å²) in [6.07, 6.45) is 0. The Morgan fingerprint density at radius 1 is 1.12 bits per heavy atom. The Morgan fingerprint density at radius 2 is 1.71 bits per heavy atom. The predicted octanol–water partition coefficient (Wildman–Crippen LogP) is 2.98. The molecule has 0 saturated carbocycles. The Kier molecular flexibility index (Phi) is 5.35. The molecule has 0 aliphatic carbocycles. The van der Waals surface area contributed by atoms with Crippen LogP contribution in [-0.4, -0.2) is 19.2 Å². The largest absolute Gasteiger partial charge is 0.493 e. The van der Waals surface area contributed by atoms with Gasteiger partial charge in [-0.15, -0.1) is 0 Å². The van der Waals surface area contributed by atoms with Gasteiger partial charge in [0, 0.05) is 36.7 Å². The second-order valence-electron chi connectivity index (χ2n) is 4.58. The van der Waals surface area contributed by atoms with Crippen LogP contribution in [0.5, 0.6) is 5.75 Å². The van der Waals surface area contributed by atoms with E-state index >= 15 is 0 Å². The molecule has 0 spiro atoms. The first-order valence-electron chi connectivity index (χ1n) is 5.79. The van der Waals surface area contributed by atoms with Crippen LogP contribution in [-0.2, 0) is 0 Å². The van der Waals surface area contributed by atoms with E-state index in [0.717, 1.165) is 12.6 Å². The molecule has 0 saturated heterocycles. The molecule has 1 aromatic rings. The summed E-state index contributed by atoms with van der Waals surface area (Å²) in [5, 5.41) is 3.28. The van der Waals surface area contributed by atoms with Gasteiger partial charge < -0.3 is 10.1 Å². The SMILES string of the molecule is CC(CNC(C)C)COc1cc(F)cc(F)c1. The summed E-state index contributed by atoms with van der Waals surface area (Å²) in [5.74, 6) is -0.719. The van der Waals surface area contributed by atoms with E-state index < -0.39 is 11.6 Å². The van der Waals surface area contributed by atoms with E-state index in [9.17, 15) is 8.78 Å². The highest BCUT2D eigenvalue weighted by Gasteiger charge is 2.06. The fraction of sp³-hybridized carbons (Fsp3) is 0.538. The Hall–Kier alpha value is -1.16. The summed E-state index contributed by atoms with van der Waals surface area (Å²) in [4.78, 5) is 0. The van der Waals surface area contributed by atoms with E-state index in [-0.39, 0.29) is 11.7 Å². The van der Waals surface area contributed by atoms with Crippen molar-refractivity contribution < 1.29 is 13.5 Å². The second kappa shape index (κ2) is 6.55. The van der Waals surface area contributed by atoms with Crippen molar-refractivity contribution in [2.45, 2.75) is 26.8 Å². The van der Waals surface area contributed by atoms with Crippen molar-refractivity contribution in [2.75, 3.05) is 13.2 Å². The molecule has 1 N–H and O–H groups in total. The lowest BCUT2D eigenvalue weighted by atomic mass is 10.2. The number of halogens is 2. The van der Waals surface area contributed by atoms with E-state index in [0.29, 0.717) is 12.6 Å². The molecule has 2 nitrogen and oxygen atoms in total. The summed E-state index contributed by atoms with van der Waals surface area (Å²) < 4.78 is 31.1. The lowest BCUT2D eigenvalue weighted by Crippen LogP contribution is -2.30. The van der Waals surface area contributed by atoms with Gasteiger partial charge in [0.25, 0.3) is 0 Å². The van der Waals surface area contributed by atoms with Gasteiger partial charge in [-0.25, -0.2) is 8.78 Å². The zero-order valence-corrected chi connectivity index (χ0v) is 10.5. The zero-order chi connectivity index (χ0) is 12.8. The molecule has 0 heterocycles. The van der Waals surface area contributed by atoms with Gasteiger partial charge in [-0.3, -0.25) is 0 Å². The number of hydrogen-bond acceptors (Lipinski definition) is 2. The number of benzene rings is 1. The number of ether oxygens (including phenoxy) is 1. The maximum atomic E-state index is 12.9. The second-order valence-corrected chi connectivity index (χ2v) is 4.58. The highest BCUT2D eigenvalue weighted by molar-refractivity contribution is 5.23. The third-order valence-electron chi connectivity index (χ3n) is 2.25. The molecule has 0 aliphatic rings. The van der Waals surface area contributed by atoms with E-state index in [2.05, 4.69) is 19.2 Å². The molecule has 0 aromatic heterocycles. The fourth-order valence-electron chi connectivity index (χ4n) is 1.35. The van der Waals surface area contributed by atoms with Crippen LogP contribution in [0, 0.1) is 17.6 Å². The molecule has 1 aromatic carbocycles. The van der Waals surface area contributed by atoms with Crippen molar-refractivity contribution in [3.8, 4) is 5.75 Å². The summed E-state index contributed by atoms with van der Waals surface area (Å²) in [7, 11) is 0. The molecule has 0 bridgehead atoms. The highest BCUT2D eigenvalue weighted by Crippen LogP contribution is 2.16. The quantitative estimate of drug-likeness (QED) is 0.829. The zero-order valence-electron chi connectivity index (χ0n) is 10.5. The van der Waals surface area contributed by atoms with Gasteiger partial charge in [0.1, 0.15) is 17.4 Å². The highest BCUT2D eigenvalue weighted by atomic mass is 19.1. The molecule has 0 radical (unpaired) electrons. The van der Waals surface area contributed by atoms with Gasteiger partial charge in [-0.05, 0) is 0 Å². The lowest BCUT2D eigenvalue weighted by Gasteiger charge is -2.15. The van der Waals surface area contributed by atoms with Gasteiger partial charge in [0.15, 0.2) is 0 Å². The minimum Gasteiger partial charge on any atom is -0.493 e. The maximum Gasteiger partial charge on any atom is 0.129 e. The molecule has 1 unspecified atom stereocenters. The van der Waals surface area contributed by atoms with Crippen molar-refractivity contribution in [1.82, 2.24) is 5.32 Å². The molecule has 96 valence electrons. The number of hydrogen-bond donors (Lipinski definition) is 1. The van der Waals surface area contributed by atoms with Crippen LogP contribution < -0.4 is 10.1 Å². The Balaban J connectivity index is 2.39. The van der Waals surface area contributed by atoms with Gasteiger partial charge in [-0.1, -0.05) is 20.8 Å². The Bertz CT molecular complexity index is 335. The molecule has 0 fully saturated rings. The Labute approximate surface area is 101 Å². The van der Waals surface area contributed by atoms with Crippen LogP contribution in [0.3, 0.4) is 0 Å². The minimum atomic E-state index is -0.618. The van der Waals surface area contributed by atoms with Crippen molar-refractivity contribution in [2.24, 2.45) is 5.92 Å². The van der Waals surface area contributed by atoms with Crippen LogP contribution in [0.15, 0.2) is 18.2 Å². The van der Waals surface area contributed by atoms with E-state index in [1.54, 1.807) is 0 Å². The van der Waals surface area contributed by atoms with Crippen molar-refractivity contribution in [3.05, 3.63) is 29.8 Å². The average molecular weight is 243 g/mol. The van der Waals surface area contributed by atoms with Gasteiger partial charge in [0.2, 0.25) is 0 Å². The average Bonchev–Trinajstić information content (AvgIpc) is 2.22. The normalized spacial score (nSPS) is 12.8. The summed E-state index contributed by atoms with van der Waals surface area (Å²) in [6.45, 7) is 7.40. The molecule has 0 amide bonds. The first-order chi connectivity index (χ1) is 7.97. The van der Waals surface area contributed by atoms with Crippen LogP contribution in [0.1, 0.15) is 20.8 Å². The third-order valence-corrected chi connectivity index (χ3v) is 2.25. The van der Waals surface area contributed by atoms with E-state index in [1.807, 2.05) is 6.92 Å². The summed E-state index contributed by atoms with van der Waals surface area (Å²) >= 11 is 0. The molecule has 1 atom stereocenters. The fourth-order valence-corrected chi connectivity index (χ4v) is 1.35. The van der Waals surface area contributed by atoms with Crippen LogP contribution >= 0.6 is 0 Å². The van der Waals surface area contributed by atoms with Gasteiger partial charge in [-0.2, -0.15) is 0 Å². The van der Waals surface area contributed by atoms with Crippen LogP contribution in [0.4, 0.5) is 8.78 Å². The van der Waals surface area contributed by atoms with E-state index in [4.69, 9.17) is 4.74 Å². The van der Waals surface area contributed by atoms with Crippen molar-refractivity contribution in [1.29, 1.82) is 0 Å². The predicted molar refractivity (Wildman–Crippen MR) is 64.2 cm³/mol. The first kappa shape index (κ1) is 13.9. The van der Waals surface area contributed by atoms with Gasteiger partial charge in [0.05, 0.1) is 6.61 Å². The summed E-state index contributed by atoms with van der Waals surface area (Å²) in [5.41, 5.74) is 0. The summed E-state index contributed by atoms with van der Waals surface area (Å²) in [6, 6.07) is 3.62. The lowest BCUT2D eigenvalue weighted by molar-refractivity contribution is 0.251. The molecule has 1 rings (SSSR count). The molecule has 0 aliphatic heterocycles. The van der Waals surface area contributed by atoms with Crippen LogP contribution in [0.2, 0.25) is 0 Å². The monoisotopic (exact) mass is 243 g/mol. The number of rotatable bonds is 6. The first-order valence-corrected chi connectivity index (χ1v) is 5.79.